The highest BCUT2D eigenvalue weighted by Gasteiger charge is 2.13. The van der Waals surface area contributed by atoms with Crippen LogP contribution in [-0.4, -0.2) is 65.8 Å². The van der Waals surface area contributed by atoms with Crippen LogP contribution in [0.4, 0.5) is 5.82 Å². The molecule has 0 aliphatic rings. The van der Waals surface area contributed by atoms with E-state index < -0.39 is 0 Å². The van der Waals surface area contributed by atoms with Crippen molar-refractivity contribution in [2.45, 2.75) is 24.5 Å². The number of thioether (sulfide) groups is 1. The summed E-state index contributed by atoms with van der Waals surface area (Å²) in [5.74, 6) is 1.56. The largest absolute Gasteiger partial charge is 0.497 e. The molecule has 10 heteroatoms. The van der Waals surface area contributed by atoms with Crippen molar-refractivity contribution in [2.24, 2.45) is 0 Å². The van der Waals surface area contributed by atoms with Crippen molar-refractivity contribution in [1.29, 1.82) is 0 Å². The summed E-state index contributed by atoms with van der Waals surface area (Å²) in [6.45, 7) is 2.23. The Morgan fingerprint density at radius 3 is 2.68 bits per heavy atom. The first-order valence-electron chi connectivity index (χ1n) is 10.0. The van der Waals surface area contributed by atoms with Gasteiger partial charge >= 0.3 is 0 Å². The molecule has 2 N–H and O–H groups in total. The van der Waals surface area contributed by atoms with Gasteiger partial charge < -0.3 is 20.1 Å². The van der Waals surface area contributed by atoms with E-state index in [0.717, 1.165) is 28.2 Å². The van der Waals surface area contributed by atoms with Crippen LogP contribution in [0.3, 0.4) is 0 Å². The van der Waals surface area contributed by atoms with Crippen molar-refractivity contribution in [3.63, 3.8) is 0 Å². The molecule has 3 rings (SSSR count). The number of fused-ring (bicyclic) bond motifs is 1. The number of hydrogen-bond donors (Lipinski definition) is 2. The number of carbonyl (C=O) groups excluding carboxylic acids is 1. The van der Waals surface area contributed by atoms with Crippen molar-refractivity contribution < 1.29 is 14.3 Å². The van der Waals surface area contributed by atoms with Crippen LogP contribution < -0.4 is 15.4 Å². The molecule has 2 aromatic heterocycles. The third-order valence-corrected chi connectivity index (χ3v) is 5.25. The van der Waals surface area contributed by atoms with Crippen molar-refractivity contribution in [3.05, 3.63) is 36.0 Å². The Kier molecular flexibility index (Phi) is 8.48. The minimum absolute atomic E-state index is 0.00799. The van der Waals surface area contributed by atoms with Crippen LogP contribution >= 0.6 is 11.8 Å². The molecule has 0 radical (unpaired) electrons. The minimum atomic E-state index is 0.00799. The molecule has 0 aliphatic heterocycles. The van der Waals surface area contributed by atoms with E-state index in [2.05, 4.69) is 25.7 Å². The molecular formula is C21H28N6O3S. The van der Waals surface area contributed by atoms with E-state index in [-0.39, 0.29) is 5.91 Å². The number of aryl methyl sites for hydroxylation is 1. The van der Waals surface area contributed by atoms with E-state index >= 15 is 0 Å². The van der Waals surface area contributed by atoms with Gasteiger partial charge in [0.05, 0.1) is 31.8 Å². The highest BCUT2D eigenvalue weighted by atomic mass is 32.2. The Morgan fingerprint density at radius 2 is 1.97 bits per heavy atom. The maximum atomic E-state index is 12.2. The number of hydrogen-bond acceptors (Lipinski definition) is 8. The molecule has 0 atom stereocenters. The maximum Gasteiger partial charge on any atom is 0.220 e. The predicted octanol–water partition coefficient (Wildman–Crippen LogP) is 2.36. The van der Waals surface area contributed by atoms with E-state index in [1.165, 1.54) is 11.8 Å². The summed E-state index contributed by atoms with van der Waals surface area (Å²) in [5.41, 5.74) is 1.84. The molecule has 2 heterocycles. The van der Waals surface area contributed by atoms with Crippen LogP contribution in [-0.2, 0) is 22.5 Å². The van der Waals surface area contributed by atoms with Crippen LogP contribution in [0.25, 0.3) is 11.0 Å². The number of methoxy groups -OCH3 is 2. The second kappa shape index (κ2) is 11.5. The number of carbonyl (C=O) groups is 1. The molecule has 0 bridgehead atoms. The first-order valence-corrected chi connectivity index (χ1v) is 11.3. The zero-order valence-corrected chi connectivity index (χ0v) is 18.9. The van der Waals surface area contributed by atoms with Gasteiger partial charge in [-0.2, -0.15) is 5.10 Å². The van der Waals surface area contributed by atoms with Crippen LogP contribution in [0.5, 0.6) is 5.75 Å². The number of nitrogens with one attached hydrogen (secondary N) is 2. The number of nitrogens with zero attached hydrogens (tertiary/aromatic N) is 4. The molecule has 0 aliphatic carbocycles. The van der Waals surface area contributed by atoms with E-state index in [4.69, 9.17) is 9.47 Å². The first kappa shape index (κ1) is 22.8. The lowest BCUT2D eigenvalue weighted by Gasteiger charge is -2.09. The molecule has 0 spiro atoms. The van der Waals surface area contributed by atoms with Gasteiger partial charge in [-0.05, 0) is 30.4 Å². The fourth-order valence-corrected chi connectivity index (χ4v) is 3.40. The lowest BCUT2D eigenvalue weighted by Crippen LogP contribution is -2.27. The van der Waals surface area contributed by atoms with Gasteiger partial charge in [0.1, 0.15) is 11.6 Å². The molecule has 9 nitrogen and oxygen atoms in total. The van der Waals surface area contributed by atoms with Gasteiger partial charge in [0.15, 0.2) is 10.8 Å². The highest BCUT2D eigenvalue weighted by molar-refractivity contribution is 7.98. The van der Waals surface area contributed by atoms with Crippen molar-refractivity contribution in [3.8, 4) is 5.75 Å². The molecule has 1 amide bonds. The number of amides is 1. The number of benzene rings is 1. The monoisotopic (exact) mass is 444 g/mol. The van der Waals surface area contributed by atoms with Gasteiger partial charge in [-0.15, -0.1) is 0 Å². The number of anilines is 1. The normalized spacial score (nSPS) is 10.9. The summed E-state index contributed by atoms with van der Waals surface area (Å²) in [5, 5.41) is 12.2. The van der Waals surface area contributed by atoms with Crippen LogP contribution in [0.2, 0.25) is 0 Å². The lowest BCUT2D eigenvalue weighted by molar-refractivity contribution is -0.121. The Bertz CT molecular complexity index is 993. The van der Waals surface area contributed by atoms with Crippen molar-refractivity contribution in [2.75, 3.05) is 45.5 Å². The van der Waals surface area contributed by atoms with Crippen LogP contribution in [0.15, 0.2) is 35.6 Å². The summed E-state index contributed by atoms with van der Waals surface area (Å²) in [4.78, 5) is 21.3. The molecule has 0 saturated heterocycles. The molecule has 3 aromatic rings. The molecule has 0 unspecified atom stereocenters. The molecule has 166 valence electrons. The predicted molar refractivity (Wildman–Crippen MR) is 122 cm³/mol. The standard InChI is InChI=1S/C21H28N6O3S/c1-29-13-11-23-19-17-14-24-27(20(17)26-21(25-19)31-3)12-10-22-18(28)9-6-15-4-7-16(30-2)8-5-15/h4-5,7-8,14H,6,9-13H2,1-3H3,(H,22,28)(H,23,25,26). The minimum Gasteiger partial charge on any atom is -0.497 e. The highest BCUT2D eigenvalue weighted by Crippen LogP contribution is 2.23. The second-order valence-corrected chi connectivity index (χ2v) is 7.55. The molecule has 0 fully saturated rings. The summed E-state index contributed by atoms with van der Waals surface area (Å²) >= 11 is 1.47. The first-order chi connectivity index (χ1) is 15.1. The van der Waals surface area contributed by atoms with Crippen LogP contribution in [0, 0.1) is 0 Å². The average molecular weight is 445 g/mol. The quantitative estimate of drug-likeness (QED) is 0.249. The fraction of sp³-hybridized carbons (Fsp3) is 0.429. The SMILES string of the molecule is COCCNc1nc(SC)nc2c1cnn2CCNC(=O)CCc1ccc(OC)cc1. The summed E-state index contributed by atoms with van der Waals surface area (Å²) in [6, 6.07) is 7.75. The Balaban J connectivity index is 1.55. The molecular weight excluding hydrogens is 416 g/mol. The Morgan fingerprint density at radius 1 is 1.16 bits per heavy atom. The van der Waals surface area contributed by atoms with Gasteiger partial charge in [-0.1, -0.05) is 23.9 Å². The van der Waals surface area contributed by atoms with Gasteiger partial charge in [-0.25, -0.2) is 14.6 Å². The zero-order chi connectivity index (χ0) is 22.1. The topological polar surface area (TPSA) is 103 Å². The van der Waals surface area contributed by atoms with E-state index in [1.54, 1.807) is 25.1 Å². The van der Waals surface area contributed by atoms with Gasteiger partial charge in [0.25, 0.3) is 0 Å². The Labute approximate surface area is 185 Å². The van der Waals surface area contributed by atoms with E-state index in [0.29, 0.717) is 44.2 Å². The van der Waals surface area contributed by atoms with E-state index in [1.807, 2.05) is 30.5 Å². The summed E-state index contributed by atoms with van der Waals surface area (Å²) in [6.07, 6.45) is 4.80. The van der Waals surface area contributed by atoms with E-state index in [9.17, 15) is 4.79 Å². The fourth-order valence-electron chi connectivity index (χ4n) is 3.04. The third kappa shape index (κ3) is 6.31. The van der Waals surface area contributed by atoms with Gasteiger partial charge in [0.2, 0.25) is 5.91 Å². The van der Waals surface area contributed by atoms with Crippen LogP contribution in [0.1, 0.15) is 12.0 Å². The molecule has 31 heavy (non-hydrogen) atoms. The summed E-state index contributed by atoms with van der Waals surface area (Å²) in [7, 11) is 3.30. The zero-order valence-electron chi connectivity index (χ0n) is 18.1. The maximum absolute atomic E-state index is 12.2. The van der Waals surface area contributed by atoms with Crippen molar-refractivity contribution in [1.82, 2.24) is 25.1 Å². The Hall–Kier alpha value is -2.85. The smallest absolute Gasteiger partial charge is 0.220 e. The summed E-state index contributed by atoms with van der Waals surface area (Å²) < 4.78 is 12.0. The number of aromatic nitrogens is 4. The second-order valence-electron chi connectivity index (χ2n) is 6.78. The average Bonchev–Trinajstić information content (AvgIpc) is 3.21. The van der Waals surface area contributed by atoms with Crippen molar-refractivity contribution >= 4 is 34.5 Å². The molecule has 1 aromatic carbocycles. The lowest BCUT2D eigenvalue weighted by atomic mass is 10.1. The number of ether oxygens (including phenoxy) is 2. The number of rotatable bonds is 12. The van der Waals surface area contributed by atoms with Gasteiger partial charge in [-0.3, -0.25) is 4.79 Å². The molecule has 0 saturated carbocycles. The van der Waals surface area contributed by atoms with Gasteiger partial charge in [0, 0.05) is 26.6 Å². The third-order valence-electron chi connectivity index (χ3n) is 4.70.